The van der Waals surface area contributed by atoms with E-state index in [4.69, 9.17) is 0 Å². The first-order valence-corrected chi connectivity index (χ1v) is 3.47. The zero-order valence-electron chi connectivity index (χ0n) is 8.57. The van der Waals surface area contributed by atoms with Crippen LogP contribution in [0.25, 0.3) is 0 Å². The molecule has 0 N–H and O–H groups in total. The highest BCUT2D eigenvalue weighted by Crippen LogP contribution is 1.74. The SMILES string of the molecule is C=C(C)C.C=C(C)C.C=NC. The molecule has 0 heterocycles. The van der Waals surface area contributed by atoms with Crippen molar-refractivity contribution in [2.75, 3.05) is 7.05 Å². The van der Waals surface area contributed by atoms with E-state index < -0.39 is 0 Å². The van der Waals surface area contributed by atoms with Crippen LogP contribution in [-0.2, 0) is 0 Å². The van der Waals surface area contributed by atoms with Crippen molar-refractivity contribution < 1.29 is 0 Å². The second-order valence-corrected chi connectivity index (χ2v) is 2.73. The lowest BCUT2D eigenvalue weighted by molar-refractivity contribution is 1.42. The Morgan fingerprint density at radius 1 is 0.909 bits per heavy atom. The molecule has 1 nitrogen and oxygen atoms in total. The molecule has 0 bridgehead atoms. The first kappa shape index (κ1) is 16.6. The monoisotopic (exact) mass is 155 g/mol. The van der Waals surface area contributed by atoms with E-state index in [0.717, 1.165) is 0 Å². The van der Waals surface area contributed by atoms with Crippen LogP contribution >= 0.6 is 0 Å². The summed E-state index contributed by atoms with van der Waals surface area (Å²) in [5.74, 6) is 0. The van der Waals surface area contributed by atoms with Crippen LogP contribution in [0, 0.1) is 0 Å². The number of aliphatic imine (C=N–C) groups is 1. The smallest absolute Gasteiger partial charge is 0.0269 e. The Bertz CT molecular complexity index is 92.0. The van der Waals surface area contributed by atoms with Gasteiger partial charge in [0.1, 0.15) is 0 Å². The Morgan fingerprint density at radius 3 is 0.909 bits per heavy atom. The number of rotatable bonds is 0. The molecule has 1 heteroatoms. The fraction of sp³-hybridized carbons (Fsp3) is 0.500. The first-order chi connectivity index (χ1) is 4.88. The standard InChI is InChI=1S/2C4H8.C2H5N/c2*1-4(2)3;1-3-2/h2*1H2,2-3H3;1H2,2H3. The highest BCUT2D eigenvalue weighted by molar-refractivity contribution is 5.22. The summed E-state index contributed by atoms with van der Waals surface area (Å²) in [6.07, 6.45) is 0. The maximum atomic E-state index is 3.56. The minimum absolute atomic E-state index is 1.17. The molecule has 66 valence electrons. The minimum atomic E-state index is 1.17. The molecule has 0 aromatic rings. The van der Waals surface area contributed by atoms with Gasteiger partial charge >= 0.3 is 0 Å². The summed E-state index contributed by atoms with van der Waals surface area (Å²) in [6.45, 7) is 18.1. The predicted molar refractivity (Wildman–Crippen MR) is 56.4 cm³/mol. The van der Waals surface area contributed by atoms with Gasteiger partial charge in [-0.15, -0.1) is 13.2 Å². The molecule has 0 saturated heterocycles. The molecule has 0 aromatic heterocycles. The molecule has 0 aliphatic carbocycles. The lowest BCUT2D eigenvalue weighted by Crippen LogP contribution is -1.43. The number of hydrogen-bond donors (Lipinski definition) is 0. The topological polar surface area (TPSA) is 12.4 Å². The summed E-state index contributed by atoms with van der Waals surface area (Å²) >= 11 is 0. The second-order valence-electron chi connectivity index (χ2n) is 2.73. The predicted octanol–water partition coefficient (Wildman–Crippen LogP) is 3.48. The Morgan fingerprint density at radius 2 is 0.909 bits per heavy atom. The van der Waals surface area contributed by atoms with E-state index in [1.54, 1.807) is 7.05 Å². The zero-order chi connectivity index (χ0) is 9.86. The van der Waals surface area contributed by atoms with Gasteiger partial charge in [-0.25, -0.2) is 0 Å². The van der Waals surface area contributed by atoms with Crippen LogP contribution in [0.1, 0.15) is 27.7 Å². The summed E-state index contributed by atoms with van der Waals surface area (Å²) in [5, 5.41) is 0. The third-order valence-electron chi connectivity index (χ3n) is 0. The quantitative estimate of drug-likeness (QED) is 0.375. The fourth-order valence-electron chi connectivity index (χ4n) is 0. The Labute approximate surface area is 71.6 Å². The maximum absolute atomic E-state index is 3.56. The molecule has 11 heavy (non-hydrogen) atoms. The van der Waals surface area contributed by atoms with Crippen LogP contribution in [0.4, 0.5) is 0 Å². The minimum Gasteiger partial charge on any atom is -0.304 e. The highest BCUT2D eigenvalue weighted by atomic mass is 14.6. The number of hydrogen-bond acceptors (Lipinski definition) is 1. The maximum Gasteiger partial charge on any atom is 0.0269 e. The summed E-state index contributed by atoms with van der Waals surface area (Å²) in [4.78, 5) is 3.25. The van der Waals surface area contributed by atoms with Crippen LogP contribution in [-0.4, -0.2) is 13.8 Å². The molecule has 0 fully saturated rings. The summed E-state index contributed by atoms with van der Waals surface area (Å²) < 4.78 is 0. The molecule has 0 atom stereocenters. The largest absolute Gasteiger partial charge is 0.304 e. The van der Waals surface area contributed by atoms with Gasteiger partial charge in [-0.2, -0.15) is 0 Å². The summed E-state index contributed by atoms with van der Waals surface area (Å²) in [7, 11) is 1.64. The van der Waals surface area contributed by atoms with E-state index in [2.05, 4.69) is 24.9 Å². The molecule has 0 radical (unpaired) electrons. The molecule has 0 saturated carbocycles. The first-order valence-electron chi connectivity index (χ1n) is 3.47. The fourth-order valence-corrected chi connectivity index (χ4v) is 0. The molecule has 0 aromatic carbocycles. The van der Waals surface area contributed by atoms with Gasteiger partial charge in [-0.3, -0.25) is 0 Å². The van der Waals surface area contributed by atoms with Crippen molar-refractivity contribution in [3.05, 3.63) is 24.3 Å². The van der Waals surface area contributed by atoms with E-state index >= 15 is 0 Å². The van der Waals surface area contributed by atoms with E-state index in [9.17, 15) is 0 Å². The number of nitrogens with zero attached hydrogens (tertiary/aromatic N) is 1. The van der Waals surface area contributed by atoms with Crippen LogP contribution in [0.2, 0.25) is 0 Å². The lowest BCUT2D eigenvalue weighted by Gasteiger charge is -1.65. The third kappa shape index (κ3) is 647. The van der Waals surface area contributed by atoms with Crippen LogP contribution in [0.5, 0.6) is 0 Å². The van der Waals surface area contributed by atoms with Crippen molar-refractivity contribution >= 4 is 6.72 Å². The van der Waals surface area contributed by atoms with Crippen molar-refractivity contribution in [3.63, 3.8) is 0 Å². The van der Waals surface area contributed by atoms with Gasteiger partial charge in [0.25, 0.3) is 0 Å². The van der Waals surface area contributed by atoms with Gasteiger partial charge in [-0.1, -0.05) is 11.1 Å². The highest BCUT2D eigenvalue weighted by Gasteiger charge is 1.52. The molecular formula is C10H21N. The second kappa shape index (κ2) is 16.1. The van der Waals surface area contributed by atoms with Gasteiger partial charge in [0.2, 0.25) is 0 Å². The summed E-state index contributed by atoms with van der Waals surface area (Å²) in [6, 6.07) is 0. The van der Waals surface area contributed by atoms with Gasteiger partial charge in [0, 0.05) is 7.05 Å². The van der Waals surface area contributed by atoms with E-state index in [1.165, 1.54) is 11.1 Å². The van der Waals surface area contributed by atoms with E-state index in [0.29, 0.717) is 0 Å². The average molecular weight is 155 g/mol. The molecule has 0 aliphatic rings. The van der Waals surface area contributed by atoms with Crippen molar-refractivity contribution in [3.8, 4) is 0 Å². The molecule has 0 spiro atoms. The molecule has 0 unspecified atom stereocenters. The molecule has 0 aliphatic heterocycles. The Hall–Kier alpha value is -0.850. The molecule has 0 rings (SSSR count). The van der Waals surface area contributed by atoms with Crippen LogP contribution in [0.3, 0.4) is 0 Å². The van der Waals surface area contributed by atoms with Gasteiger partial charge in [0.05, 0.1) is 0 Å². The summed E-state index contributed by atoms with van der Waals surface area (Å²) in [5.41, 5.74) is 2.33. The van der Waals surface area contributed by atoms with Gasteiger partial charge in [-0.05, 0) is 34.4 Å². The lowest BCUT2D eigenvalue weighted by atomic mass is 10.4. The van der Waals surface area contributed by atoms with E-state index in [-0.39, 0.29) is 0 Å². The Kier molecular flexibility index (Phi) is 24.3. The molecular weight excluding hydrogens is 134 g/mol. The van der Waals surface area contributed by atoms with Crippen molar-refractivity contribution in [1.82, 2.24) is 0 Å². The van der Waals surface area contributed by atoms with E-state index in [1.807, 2.05) is 27.7 Å². The zero-order valence-corrected chi connectivity index (χ0v) is 8.57. The average Bonchev–Trinajstić information content (AvgIpc) is 1.60. The number of allylic oxidation sites excluding steroid dienone is 2. The van der Waals surface area contributed by atoms with Crippen molar-refractivity contribution in [1.29, 1.82) is 0 Å². The van der Waals surface area contributed by atoms with Crippen molar-refractivity contribution in [2.24, 2.45) is 4.99 Å². The third-order valence-corrected chi connectivity index (χ3v) is 0. The normalized spacial score (nSPS) is 5.91. The van der Waals surface area contributed by atoms with Gasteiger partial charge in [0.15, 0.2) is 0 Å². The van der Waals surface area contributed by atoms with Gasteiger partial charge < -0.3 is 4.99 Å². The Balaban J connectivity index is -0.0000000886. The molecule has 0 amide bonds. The van der Waals surface area contributed by atoms with Crippen molar-refractivity contribution in [2.45, 2.75) is 27.7 Å². The van der Waals surface area contributed by atoms with Crippen LogP contribution < -0.4 is 0 Å². The van der Waals surface area contributed by atoms with Crippen LogP contribution in [0.15, 0.2) is 29.3 Å².